The monoisotopic (exact) mass is 265 g/mol. The molecule has 0 rings (SSSR count). The number of rotatable bonds is 6. The Hall–Kier alpha value is -0.130. The van der Waals surface area contributed by atoms with Crippen molar-refractivity contribution in [2.75, 3.05) is 19.4 Å². The normalized spacial score (nSPS) is 17.2. The maximum Gasteiger partial charge on any atom is 0.214 e. The van der Waals surface area contributed by atoms with Gasteiger partial charge in [0, 0.05) is 7.05 Å². The predicted octanol–water partition coefficient (Wildman–Crippen LogP) is 1.70. The molecule has 0 aromatic heterocycles. The quantitative estimate of drug-likeness (QED) is 0.795. The zero-order chi connectivity index (χ0) is 13.9. The lowest BCUT2D eigenvalue weighted by molar-refractivity contribution is 0.115. The van der Waals surface area contributed by atoms with Crippen molar-refractivity contribution in [2.24, 2.45) is 11.3 Å². The van der Waals surface area contributed by atoms with E-state index < -0.39 is 10.0 Å². The van der Waals surface area contributed by atoms with Crippen molar-refractivity contribution in [2.45, 2.75) is 47.1 Å². The number of hydrogen-bond donors (Lipinski definition) is 1. The molecule has 2 unspecified atom stereocenters. The second kappa shape index (κ2) is 6.16. The van der Waals surface area contributed by atoms with Gasteiger partial charge in [0.1, 0.15) is 0 Å². The first-order chi connectivity index (χ1) is 7.56. The lowest BCUT2D eigenvalue weighted by Gasteiger charge is -2.36. The number of likely N-dealkylation sites (N-methyl/N-ethyl adjacent to an activating group) is 1. The molecule has 0 saturated carbocycles. The van der Waals surface area contributed by atoms with Gasteiger partial charge in [-0.3, -0.25) is 0 Å². The lowest BCUT2D eigenvalue weighted by atomic mass is 9.87. The smallest absolute Gasteiger partial charge is 0.214 e. The fourth-order valence-electron chi connectivity index (χ4n) is 1.72. The number of hydrogen-bond acceptors (Lipinski definition) is 3. The maximum atomic E-state index is 12.2. The van der Waals surface area contributed by atoms with E-state index >= 15 is 0 Å². The predicted molar refractivity (Wildman–Crippen MR) is 71.3 cm³/mol. The Labute approximate surface area is 106 Å². The van der Waals surface area contributed by atoms with Crippen molar-refractivity contribution in [3.63, 3.8) is 0 Å². The number of sulfonamides is 1. The van der Waals surface area contributed by atoms with E-state index in [1.54, 1.807) is 7.05 Å². The van der Waals surface area contributed by atoms with E-state index in [9.17, 15) is 13.5 Å². The largest absolute Gasteiger partial charge is 0.395 e. The van der Waals surface area contributed by atoms with Crippen molar-refractivity contribution in [3.05, 3.63) is 0 Å². The first-order valence-electron chi connectivity index (χ1n) is 6.12. The Morgan fingerprint density at radius 1 is 1.29 bits per heavy atom. The van der Waals surface area contributed by atoms with Gasteiger partial charge in [0.05, 0.1) is 18.4 Å². The van der Waals surface area contributed by atoms with Crippen LogP contribution in [0, 0.1) is 11.3 Å². The topological polar surface area (TPSA) is 57.6 Å². The van der Waals surface area contributed by atoms with Crippen LogP contribution >= 0.6 is 0 Å². The Morgan fingerprint density at radius 3 is 2.06 bits per heavy atom. The molecule has 4 nitrogen and oxygen atoms in total. The molecule has 0 aromatic carbocycles. The summed E-state index contributed by atoms with van der Waals surface area (Å²) in [7, 11) is -1.73. The van der Waals surface area contributed by atoms with E-state index in [2.05, 4.69) is 0 Å². The van der Waals surface area contributed by atoms with E-state index in [1.165, 1.54) is 4.31 Å². The summed E-state index contributed by atoms with van der Waals surface area (Å²) < 4.78 is 25.7. The first-order valence-corrected chi connectivity index (χ1v) is 7.73. The minimum absolute atomic E-state index is 0.141. The highest BCUT2D eigenvalue weighted by atomic mass is 32.2. The molecule has 0 radical (unpaired) electrons. The molecule has 0 aliphatic carbocycles. The maximum absolute atomic E-state index is 12.2. The van der Waals surface area contributed by atoms with Crippen molar-refractivity contribution < 1.29 is 13.5 Å². The van der Waals surface area contributed by atoms with Crippen molar-refractivity contribution in [1.29, 1.82) is 0 Å². The number of aliphatic hydroxyl groups is 1. The van der Waals surface area contributed by atoms with Crippen molar-refractivity contribution in [1.82, 2.24) is 4.31 Å². The molecule has 0 aliphatic heterocycles. The third-order valence-corrected chi connectivity index (χ3v) is 5.36. The van der Waals surface area contributed by atoms with Crippen LogP contribution in [0.15, 0.2) is 0 Å². The van der Waals surface area contributed by atoms with Crippen LogP contribution in [-0.2, 0) is 10.0 Å². The van der Waals surface area contributed by atoms with Gasteiger partial charge in [0.15, 0.2) is 0 Å². The van der Waals surface area contributed by atoms with Crippen LogP contribution in [0.3, 0.4) is 0 Å². The summed E-state index contributed by atoms with van der Waals surface area (Å²) >= 11 is 0. The van der Waals surface area contributed by atoms with E-state index in [4.69, 9.17) is 0 Å². The molecule has 0 bridgehead atoms. The zero-order valence-corrected chi connectivity index (χ0v) is 12.7. The summed E-state index contributed by atoms with van der Waals surface area (Å²) in [5.41, 5.74) is -0.272. The minimum atomic E-state index is -3.29. The molecule has 0 fully saturated rings. The van der Waals surface area contributed by atoms with Crippen LogP contribution in [0.25, 0.3) is 0 Å². The van der Waals surface area contributed by atoms with Crippen molar-refractivity contribution in [3.8, 4) is 0 Å². The molecule has 0 saturated heterocycles. The Balaban J connectivity index is 4.95. The highest BCUT2D eigenvalue weighted by Gasteiger charge is 2.34. The highest BCUT2D eigenvalue weighted by Crippen LogP contribution is 2.25. The number of aliphatic hydroxyl groups excluding tert-OH is 1. The molecule has 0 aromatic rings. The van der Waals surface area contributed by atoms with Crippen LogP contribution in [0.2, 0.25) is 0 Å². The summed E-state index contributed by atoms with van der Waals surface area (Å²) in [6.07, 6.45) is 0.840. The fourth-order valence-corrected chi connectivity index (χ4v) is 3.68. The summed E-state index contributed by atoms with van der Waals surface area (Å²) in [5.74, 6) is 0.286. The van der Waals surface area contributed by atoms with Crippen LogP contribution in [0.4, 0.5) is 0 Å². The van der Waals surface area contributed by atoms with Crippen LogP contribution in [0.5, 0.6) is 0 Å². The van der Waals surface area contributed by atoms with Gasteiger partial charge in [-0.25, -0.2) is 8.42 Å². The van der Waals surface area contributed by atoms with Gasteiger partial charge in [0.2, 0.25) is 10.0 Å². The van der Waals surface area contributed by atoms with Crippen LogP contribution in [0.1, 0.15) is 41.0 Å². The third kappa shape index (κ3) is 4.94. The van der Waals surface area contributed by atoms with Crippen LogP contribution in [-0.4, -0.2) is 43.3 Å². The third-order valence-electron chi connectivity index (χ3n) is 3.24. The van der Waals surface area contributed by atoms with Gasteiger partial charge < -0.3 is 5.11 Å². The first kappa shape index (κ1) is 16.9. The molecule has 0 amide bonds. The fraction of sp³-hybridized carbons (Fsp3) is 1.00. The summed E-state index contributed by atoms with van der Waals surface area (Å²) in [4.78, 5) is 0. The molecule has 1 N–H and O–H groups in total. The zero-order valence-electron chi connectivity index (χ0n) is 11.9. The second-order valence-electron chi connectivity index (χ2n) is 5.87. The summed E-state index contributed by atoms with van der Waals surface area (Å²) in [6.45, 7) is 9.55. The van der Waals surface area contributed by atoms with Gasteiger partial charge in [-0.15, -0.1) is 0 Å². The van der Waals surface area contributed by atoms with Gasteiger partial charge in [-0.05, 0) is 11.3 Å². The number of nitrogens with zero attached hydrogens (tertiary/aromatic N) is 1. The van der Waals surface area contributed by atoms with E-state index in [0.29, 0.717) is 0 Å². The standard InChI is InChI=1S/C12H27NO3S/c1-7-10(2)9-17(15,16)13(6)11(8-14)12(3,4)5/h10-11,14H,7-9H2,1-6H3. The van der Waals surface area contributed by atoms with E-state index in [0.717, 1.165) is 6.42 Å². The van der Waals surface area contributed by atoms with Crippen molar-refractivity contribution >= 4 is 10.0 Å². The van der Waals surface area contributed by atoms with E-state index in [1.807, 2.05) is 34.6 Å². The lowest BCUT2D eigenvalue weighted by Crippen LogP contribution is -2.48. The molecule has 17 heavy (non-hydrogen) atoms. The molecular weight excluding hydrogens is 238 g/mol. The van der Waals surface area contributed by atoms with Gasteiger partial charge in [-0.1, -0.05) is 41.0 Å². The molecule has 5 heteroatoms. The summed E-state index contributed by atoms with van der Waals surface area (Å²) in [5, 5.41) is 9.38. The molecule has 2 atom stereocenters. The average Bonchev–Trinajstić information content (AvgIpc) is 2.15. The second-order valence-corrected chi connectivity index (χ2v) is 7.95. The van der Waals surface area contributed by atoms with E-state index in [-0.39, 0.29) is 29.7 Å². The molecular formula is C12H27NO3S. The minimum Gasteiger partial charge on any atom is -0.395 e. The van der Waals surface area contributed by atoms with Gasteiger partial charge >= 0.3 is 0 Å². The molecule has 0 aliphatic rings. The average molecular weight is 265 g/mol. The van der Waals surface area contributed by atoms with Crippen LogP contribution < -0.4 is 0 Å². The van der Waals surface area contributed by atoms with Gasteiger partial charge in [0.25, 0.3) is 0 Å². The SMILES string of the molecule is CCC(C)CS(=O)(=O)N(C)C(CO)C(C)(C)C. The Morgan fingerprint density at radius 2 is 1.76 bits per heavy atom. The molecule has 104 valence electrons. The Kier molecular flexibility index (Phi) is 6.11. The molecule has 0 spiro atoms. The summed E-state index contributed by atoms with van der Waals surface area (Å²) in [6, 6.07) is -0.378. The highest BCUT2D eigenvalue weighted by molar-refractivity contribution is 7.89. The van der Waals surface area contributed by atoms with Gasteiger partial charge in [-0.2, -0.15) is 4.31 Å². The molecule has 0 heterocycles. The Bertz CT molecular complexity index is 319.